The summed E-state index contributed by atoms with van der Waals surface area (Å²) in [6, 6.07) is 6.64. The summed E-state index contributed by atoms with van der Waals surface area (Å²) < 4.78 is 10.5. The fourth-order valence-electron chi connectivity index (χ4n) is 2.77. The van der Waals surface area contributed by atoms with Crippen LogP contribution in [0.4, 0.5) is 0 Å². The third kappa shape index (κ3) is 9.02. The lowest BCUT2D eigenvalue weighted by molar-refractivity contribution is 0.0360. The SMILES string of the molecule is CCCCCCCCCCCOC(=O)c1ccccc1C(=O)OC(C)C. The molecule has 0 radical (unpaired) electrons. The standard InChI is InChI=1S/C22H34O4/c1-4-5-6-7-8-9-10-11-14-17-25-21(23)19-15-12-13-16-20(19)22(24)26-18(2)3/h12-13,15-16,18H,4-11,14,17H2,1-3H3. The Morgan fingerprint density at radius 1 is 0.808 bits per heavy atom. The van der Waals surface area contributed by atoms with Crippen LogP contribution in [0, 0.1) is 0 Å². The molecule has 0 saturated carbocycles. The minimum absolute atomic E-state index is 0.228. The van der Waals surface area contributed by atoms with Crippen molar-refractivity contribution in [2.45, 2.75) is 84.7 Å². The van der Waals surface area contributed by atoms with Crippen LogP contribution in [0.3, 0.4) is 0 Å². The van der Waals surface area contributed by atoms with E-state index in [0.29, 0.717) is 6.61 Å². The lowest BCUT2D eigenvalue weighted by Crippen LogP contribution is -2.17. The summed E-state index contributed by atoms with van der Waals surface area (Å²) in [5, 5.41) is 0. The highest BCUT2D eigenvalue weighted by molar-refractivity contribution is 6.03. The molecule has 0 amide bonds. The Hall–Kier alpha value is -1.84. The molecule has 26 heavy (non-hydrogen) atoms. The van der Waals surface area contributed by atoms with Gasteiger partial charge >= 0.3 is 11.9 Å². The van der Waals surface area contributed by atoms with Crippen LogP contribution in [0.25, 0.3) is 0 Å². The van der Waals surface area contributed by atoms with Gasteiger partial charge in [-0.2, -0.15) is 0 Å². The molecule has 0 aliphatic rings. The van der Waals surface area contributed by atoms with Gasteiger partial charge in [-0.1, -0.05) is 70.4 Å². The zero-order chi connectivity index (χ0) is 19.2. The van der Waals surface area contributed by atoms with Crippen LogP contribution in [0.15, 0.2) is 24.3 Å². The second-order valence-corrected chi connectivity index (χ2v) is 6.96. The van der Waals surface area contributed by atoms with Crippen molar-refractivity contribution >= 4 is 11.9 Å². The molecule has 4 nitrogen and oxygen atoms in total. The normalized spacial score (nSPS) is 10.8. The van der Waals surface area contributed by atoms with Crippen molar-refractivity contribution in [3.8, 4) is 0 Å². The molecule has 1 rings (SSSR count). The van der Waals surface area contributed by atoms with Crippen LogP contribution in [-0.4, -0.2) is 24.6 Å². The van der Waals surface area contributed by atoms with Gasteiger partial charge in [-0.15, -0.1) is 0 Å². The molecule has 0 saturated heterocycles. The molecule has 0 bridgehead atoms. The number of benzene rings is 1. The van der Waals surface area contributed by atoms with E-state index in [0.717, 1.165) is 12.8 Å². The van der Waals surface area contributed by atoms with Gasteiger partial charge in [0.05, 0.1) is 23.8 Å². The maximum Gasteiger partial charge on any atom is 0.339 e. The van der Waals surface area contributed by atoms with Crippen molar-refractivity contribution in [3.63, 3.8) is 0 Å². The molecule has 0 spiro atoms. The molecule has 0 heterocycles. The number of esters is 2. The van der Waals surface area contributed by atoms with Gasteiger partial charge in [-0.25, -0.2) is 9.59 Å². The Kier molecular flexibility index (Phi) is 11.4. The number of hydrogen-bond acceptors (Lipinski definition) is 4. The predicted molar refractivity (Wildman–Crippen MR) is 105 cm³/mol. The van der Waals surface area contributed by atoms with E-state index in [1.165, 1.54) is 44.9 Å². The highest BCUT2D eigenvalue weighted by Crippen LogP contribution is 2.14. The van der Waals surface area contributed by atoms with E-state index in [4.69, 9.17) is 9.47 Å². The average Bonchev–Trinajstić information content (AvgIpc) is 2.62. The quantitative estimate of drug-likeness (QED) is 0.322. The summed E-state index contributed by atoms with van der Waals surface area (Å²) in [7, 11) is 0. The summed E-state index contributed by atoms with van der Waals surface area (Å²) in [4.78, 5) is 24.4. The van der Waals surface area contributed by atoms with Crippen molar-refractivity contribution in [3.05, 3.63) is 35.4 Å². The molecule has 146 valence electrons. The summed E-state index contributed by atoms with van der Waals surface area (Å²) in [6.07, 6.45) is 10.7. The minimum atomic E-state index is -0.490. The number of carbonyl (C=O) groups excluding carboxylic acids is 2. The van der Waals surface area contributed by atoms with E-state index in [1.54, 1.807) is 38.1 Å². The van der Waals surface area contributed by atoms with E-state index >= 15 is 0 Å². The second kappa shape index (κ2) is 13.4. The summed E-state index contributed by atoms with van der Waals surface area (Å²) >= 11 is 0. The molecular formula is C22H34O4. The molecule has 1 aromatic rings. The maximum atomic E-state index is 12.3. The average molecular weight is 363 g/mol. The third-order valence-corrected chi connectivity index (χ3v) is 4.19. The monoisotopic (exact) mass is 362 g/mol. The van der Waals surface area contributed by atoms with E-state index < -0.39 is 11.9 Å². The molecule has 0 aromatic heterocycles. The first-order chi connectivity index (χ1) is 12.6. The van der Waals surface area contributed by atoms with Crippen LogP contribution < -0.4 is 0 Å². The van der Waals surface area contributed by atoms with E-state index in [1.807, 2.05) is 0 Å². The van der Waals surface area contributed by atoms with Gasteiger partial charge in [0.25, 0.3) is 0 Å². The lowest BCUT2D eigenvalue weighted by Gasteiger charge is -2.11. The molecule has 1 aromatic carbocycles. The fourth-order valence-corrected chi connectivity index (χ4v) is 2.77. The van der Waals surface area contributed by atoms with Crippen LogP contribution >= 0.6 is 0 Å². The Labute approximate surface area is 158 Å². The first-order valence-corrected chi connectivity index (χ1v) is 10.0. The van der Waals surface area contributed by atoms with Crippen molar-refractivity contribution in [2.24, 2.45) is 0 Å². The van der Waals surface area contributed by atoms with Gasteiger partial charge in [0, 0.05) is 0 Å². The fraction of sp³-hybridized carbons (Fsp3) is 0.636. The molecule has 0 N–H and O–H groups in total. The molecular weight excluding hydrogens is 328 g/mol. The molecule has 0 aliphatic heterocycles. The number of rotatable bonds is 13. The molecule has 4 heteroatoms. The third-order valence-electron chi connectivity index (χ3n) is 4.19. The van der Waals surface area contributed by atoms with E-state index in [-0.39, 0.29) is 17.2 Å². The first kappa shape index (κ1) is 22.2. The Bertz CT molecular complexity index is 537. The van der Waals surface area contributed by atoms with Gasteiger partial charge in [0.15, 0.2) is 0 Å². The van der Waals surface area contributed by atoms with Gasteiger partial charge in [-0.3, -0.25) is 0 Å². The zero-order valence-corrected chi connectivity index (χ0v) is 16.6. The Balaban J connectivity index is 2.28. The molecule has 0 fully saturated rings. The summed E-state index contributed by atoms with van der Waals surface area (Å²) in [5.74, 6) is -0.948. The number of unbranched alkanes of at least 4 members (excludes halogenated alkanes) is 8. The van der Waals surface area contributed by atoms with E-state index in [9.17, 15) is 9.59 Å². The number of carbonyl (C=O) groups is 2. The zero-order valence-electron chi connectivity index (χ0n) is 16.6. The van der Waals surface area contributed by atoms with Crippen LogP contribution in [0.1, 0.15) is 99.3 Å². The van der Waals surface area contributed by atoms with Crippen molar-refractivity contribution in [1.82, 2.24) is 0 Å². The topological polar surface area (TPSA) is 52.6 Å². The van der Waals surface area contributed by atoms with Crippen molar-refractivity contribution in [1.29, 1.82) is 0 Å². The largest absolute Gasteiger partial charge is 0.462 e. The second-order valence-electron chi connectivity index (χ2n) is 6.96. The van der Waals surface area contributed by atoms with Crippen molar-refractivity contribution in [2.75, 3.05) is 6.61 Å². The van der Waals surface area contributed by atoms with E-state index in [2.05, 4.69) is 6.92 Å². The Morgan fingerprint density at radius 3 is 1.85 bits per heavy atom. The molecule has 0 atom stereocenters. The highest BCUT2D eigenvalue weighted by Gasteiger charge is 2.19. The molecule has 0 aliphatic carbocycles. The van der Waals surface area contributed by atoms with Gasteiger partial charge in [0.1, 0.15) is 0 Å². The minimum Gasteiger partial charge on any atom is -0.462 e. The lowest BCUT2D eigenvalue weighted by atomic mass is 10.1. The first-order valence-electron chi connectivity index (χ1n) is 10.0. The highest BCUT2D eigenvalue weighted by atomic mass is 16.5. The Morgan fingerprint density at radius 2 is 1.31 bits per heavy atom. The van der Waals surface area contributed by atoms with Gasteiger partial charge < -0.3 is 9.47 Å². The predicted octanol–water partition coefficient (Wildman–Crippen LogP) is 5.94. The number of hydrogen-bond donors (Lipinski definition) is 0. The summed E-state index contributed by atoms with van der Waals surface area (Å²) in [5.41, 5.74) is 0.535. The van der Waals surface area contributed by atoms with Crippen LogP contribution in [0.2, 0.25) is 0 Å². The molecule has 0 unspecified atom stereocenters. The van der Waals surface area contributed by atoms with Gasteiger partial charge in [-0.05, 0) is 32.4 Å². The smallest absolute Gasteiger partial charge is 0.339 e. The van der Waals surface area contributed by atoms with Gasteiger partial charge in [0.2, 0.25) is 0 Å². The van der Waals surface area contributed by atoms with Crippen LogP contribution in [-0.2, 0) is 9.47 Å². The number of ether oxygens (including phenoxy) is 2. The maximum absolute atomic E-state index is 12.3. The van der Waals surface area contributed by atoms with Crippen LogP contribution in [0.5, 0.6) is 0 Å². The summed E-state index contributed by atoms with van der Waals surface area (Å²) in [6.45, 7) is 6.18. The van der Waals surface area contributed by atoms with Crippen molar-refractivity contribution < 1.29 is 19.1 Å².